The van der Waals surface area contributed by atoms with E-state index in [4.69, 9.17) is 4.74 Å². The predicted molar refractivity (Wildman–Crippen MR) is 127 cm³/mol. The van der Waals surface area contributed by atoms with E-state index in [0.717, 1.165) is 51.0 Å². The molecular formula is C26H22N4O3S. The number of carbonyl (C=O) groups is 2. The van der Waals surface area contributed by atoms with E-state index >= 15 is 0 Å². The molecule has 0 spiro atoms. The summed E-state index contributed by atoms with van der Waals surface area (Å²) in [4.78, 5) is 30.8. The molecule has 1 aliphatic carbocycles. The SMILES string of the molecule is Cc1cc(C#N)cc(-c2ccnc3cc(CN4C(=O)CCC4=O)sc23)c1OCC1(C#N)CCC1. The Bertz CT molecular complexity index is 1390. The first kappa shape index (κ1) is 22.1. The first-order valence-corrected chi connectivity index (χ1v) is 12.0. The molecule has 170 valence electrons. The first-order valence-electron chi connectivity index (χ1n) is 11.2. The smallest absolute Gasteiger partial charge is 0.230 e. The van der Waals surface area contributed by atoms with Crippen LogP contribution >= 0.6 is 11.3 Å². The number of hydrogen-bond donors (Lipinski definition) is 0. The van der Waals surface area contributed by atoms with Crippen molar-refractivity contribution in [3.05, 3.63) is 46.5 Å². The van der Waals surface area contributed by atoms with Gasteiger partial charge in [0, 0.05) is 35.0 Å². The van der Waals surface area contributed by atoms with Gasteiger partial charge in [0.2, 0.25) is 11.8 Å². The van der Waals surface area contributed by atoms with Crippen LogP contribution in [-0.2, 0) is 16.1 Å². The topological polar surface area (TPSA) is 107 Å². The highest BCUT2D eigenvalue weighted by atomic mass is 32.1. The molecule has 0 unspecified atom stereocenters. The Kier molecular flexibility index (Phi) is 5.55. The first-order chi connectivity index (χ1) is 16.4. The van der Waals surface area contributed by atoms with E-state index in [2.05, 4.69) is 17.1 Å². The number of imide groups is 1. The molecule has 2 fully saturated rings. The number of carbonyl (C=O) groups excluding carboxylic acids is 2. The molecule has 3 aromatic rings. The van der Waals surface area contributed by atoms with Gasteiger partial charge in [-0.15, -0.1) is 11.3 Å². The van der Waals surface area contributed by atoms with Crippen LogP contribution < -0.4 is 4.74 Å². The van der Waals surface area contributed by atoms with E-state index in [0.29, 0.717) is 17.9 Å². The highest BCUT2D eigenvalue weighted by molar-refractivity contribution is 7.19. The lowest BCUT2D eigenvalue weighted by Gasteiger charge is -2.35. The van der Waals surface area contributed by atoms with Gasteiger partial charge in [0.1, 0.15) is 12.4 Å². The van der Waals surface area contributed by atoms with Gasteiger partial charge in [0.05, 0.1) is 39.9 Å². The molecule has 3 heterocycles. The second-order valence-electron chi connectivity index (χ2n) is 8.98. The molecule has 0 N–H and O–H groups in total. The summed E-state index contributed by atoms with van der Waals surface area (Å²) in [5.41, 5.74) is 3.31. The molecule has 2 amide bonds. The average Bonchev–Trinajstić information content (AvgIpc) is 3.37. The summed E-state index contributed by atoms with van der Waals surface area (Å²) in [6.07, 6.45) is 4.92. The van der Waals surface area contributed by atoms with E-state index in [-0.39, 0.29) is 31.2 Å². The Morgan fingerprint density at radius 3 is 2.56 bits per heavy atom. The molecule has 8 heteroatoms. The molecule has 2 aliphatic rings. The van der Waals surface area contributed by atoms with Gasteiger partial charge in [-0.3, -0.25) is 19.5 Å². The van der Waals surface area contributed by atoms with Crippen LogP contribution in [0.1, 0.15) is 48.1 Å². The fourth-order valence-corrected chi connectivity index (χ4v) is 5.70. The molecule has 1 aliphatic heterocycles. The van der Waals surface area contributed by atoms with Gasteiger partial charge in [0.15, 0.2) is 0 Å². The Hall–Kier alpha value is -3.75. The van der Waals surface area contributed by atoms with Crippen molar-refractivity contribution < 1.29 is 14.3 Å². The number of likely N-dealkylation sites (tertiary alicyclic amines) is 1. The highest BCUT2D eigenvalue weighted by Gasteiger charge is 2.38. The third-order valence-electron chi connectivity index (χ3n) is 6.67. The predicted octanol–water partition coefficient (Wildman–Crippen LogP) is 4.87. The molecule has 1 saturated heterocycles. The fourth-order valence-electron chi connectivity index (χ4n) is 4.57. The molecule has 7 nitrogen and oxygen atoms in total. The minimum atomic E-state index is -0.448. The van der Waals surface area contributed by atoms with Gasteiger partial charge in [0.25, 0.3) is 0 Å². The lowest BCUT2D eigenvalue weighted by molar-refractivity contribution is -0.138. The second kappa shape index (κ2) is 8.55. The summed E-state index contributed by atoms with van der Waals surface area (Å²) in [6.45, 7) is 2.46. The maximum atomic E-state index is 12.1. The zero-order chi connectivity index (χ0) is 23.9. The van der Waals surface area contributed by atoms with Crippen LogP contribution in [0.25, 0.3) is 21.3 Å². The van der Waals surface area contributed by atoms with Crippen LogP contribution in [0.5, 0.6) is 5.75 Å². The minimum Gasteiger partial charge on any atom is -0.491 e. The van der Waals surface area contributed by atoms with Crippen molar-refractivity contribution in [1.29, 1.82) is 10.5 Å². The van der Waals surface area contributed by atoms with Crippen LogP contribution in [0.2, 0.25) is 0 Å². The van der Waals surface area contributed by atoms with E-state index in [9.17, 15) is 20.1 Å². The summed E-state index contributed by atoms with van der Waals surface area (Å²) >= 11 is 1.48. The molecule has 0 atom stereocenters. The monoisotopic (exact) mass is 470 g/mol. The summed E-state index contributed by atoms with van der Waals surface area (Å²) in [5, 5.41) is 19.2. The molecule has 1 saturated carbocycles. The number of aryl methyl sites for hydroxylation is 1. The number of ether oxygens (including phenoxy) is 1. The molecule has 5 rings (SSSR count). The zero-order valence-corrected chi connectivity index (χ0v) is 19.6. The molecule has 2 aromatic heterocycles. The van der Waals surface area contributed by atoms with E-state index in [1.807, 2.05) is 25.1 Å². The lowest BCUT2D eigenvalue weighted by Crippen LogP contribution is -2.34. The van der Waals surface area contributed by atoms with Gasteiger partial charge in [-0.05, 0) is 49.6 Å². The van der Waals surface area contributed by atoms with Gasteiger partial charge >= 0.3 is 0 Å². The van der Waals surface area contributed by atoms with Crippen molar-refractivity contribution in [1.82, 2.24) is 9.88 Å². The van der Waals surface area contributed by atoms with Crippen LogP contribution in [0, 0.1) is 35.0 Å². The van der Waals surface area contributed by atoms with Crippen molar-refractivity contribution in [3.8, 4) is 29.0 Å². The second-order valence-corrected chi connectivity index (χ2v) is 10.1. The summed E-state index contributed by atoms with van der Waals surface area (Å²) in [6, 6.07) is 12.0. The van der Waals surface area contributed by atoms with Gasteiger partial charge in [-0.2, -0.15) is 10.5 Å². The molecule has 34 heavy (non-hydrogen) atoms. The van der Waals surface area contributed by atoms with Crippen LogP contribution in [0.15, 0.2) is 30.5 Å². The number of nitriles is 2. The van der Waals surface area contributed by atoms with Crippen molar-refractivity contribution in [2.24, 2.45) is 5.41 Å². The molecule has 0 bridgehead atoms. The summed E-state index contributed by atoms with van der Waals surface area (Å²) in [7, 11) is 0. The minimum absolute atomic E-state index is 0.147. The molecule has 0 radical (unpaired) electrons. The van der Waals surface area contributed by atoms with E-state index in [1.54, 1.807) is 12.3 Å². The Morgan fingerprint density at radius 2 is 1.91 bits per heavy atom. The van der Waals surface area contributed by atoms with Crippen molar-refractivity contribution in [3.63, 3.8) is 0 Å². The number of nitrogens with zero attached hydrogens (tertiary/aromatic N) is 4. The molecular weight excluding hydrogens is 448 g/mol. The maximum Gasteiger partial charge on any atom is 0.230 e. The number of rotatable bonds is 6. The van der Waals surface area contributed by atoms with Crippen molar-refractivity contribution in [2.75, 3.05) is 6.61 Å². The average molecular weight is 471 g/mol. The maximum absolute atomic E-state index is 12.1. The number of pyridine rings is 1. The van der Waals surface area contributed by atoms with Gasteiger partial charge in [-0.1, -0.05) is 6.42 Å². The van der Waals surface area contributed by atoms with Crippen LogP contribution in [0.3, 0.4) is 0 Å². The summed E-state index contributed by atoms with van der Waals surface area (Å²) < 4.78 is 7.16. The summed E-state index contributed by atoms with van der Waals surface area (Å²) in [5.74, 6) is 0.366. The highest BCUT2D eigenvalue weighted by Crippen LogP contribution is 2.44. The number of thiophene rings is 1. The number of fused-ring (bicyclic) bond motifs is 1. The molecule has 1 aromatic carbocycles. The van der Waals surface area contributed by atoms with E-state index in [1.165, 1.54) is 16.2 Å². The number of aromatic nitrogens is 1. The van der Waals surface area contributed by atoms with Crippen molar-refractivity contribution in [2.45, 2.75) is 45.6 Å². The zero-order valence-electron chi connectivity index (χ0n) is 18.8. The van der Waals surface area contributed by atoms with Crippen LogP contribution in [0.4, 0.5) is 0 Å². The van der Waals surface area contributed by atoms with Crippen molar-refractivity contribution >= 4 is 33.4 Å². The Labute approximate surface area is 201 Å². The normalized spacial score (nSPS) is 16.9. The Morgan fingerprint density at radius 1 is 1.15 bits per heavy atom. The van der Waals surface area contributed by atoms with Gasteiger partial charge in [-0.25, -0.2) is 0 Å². The van der Waals surface area contributed by atoms with Crippen LogP contribution in [-0.4, -0.2) is 28.3 Å². The third kappa shape index (κ3) is 3.81. The van der Waals surface area contributed by atoms with E-state index < -0.39 is 5.41 Å². The largest absolute Gasteiger partial charge is 0.491 e. The quantitative estimate of drug-likeness (QED) is 0.476. The lowest BCUT2D eigenvalue weighted by atomic mass is 9.71. The van der Waals surface area contributed by atoms with Gasteiger partial charge < -0.3 is 4.74 Å². The standard InChI is InChI=1S/C26H22N4O3S/c1-16-9-17(12-27)10-20(24(16)33-15-26(14-28)6-2-7-26)19-5-8-29-21-11-18(34-25(19)21)13-30-22(31)3-4-23(30)32/h5,8-11H,2-4,6-7,13,15H2,1H3. The third-order valence-corrected chi connectivity index (χ3v) is 7.81. The number of hydrogen-bond acceptors (Lipinski definition) is 7. The Balaban J connectivity index is 1.56. The fraction of sp³-hybridized carbons (Fsp3) is 0.346. The number of amides is 2. The number of benzene rings is 1.